The van der Waals surface area contributed by atoms with Crippen molar-refractivity contribution < 1.29 is 4.79 Å². The standard InChI is InChI=1S/C9H9N5OS/c1-5-12-9(16-14-5)13-8(15)7-6(10)3-2-4-11-7/h2-4H,10H2,1H3,(H,12,13,14,15). The second-order valence-corrected chi connectivity index (χ2v) is 3.79. The van der Waals surface area contributed by atoms with E-state index in [1.807, 2.05) is 0 Å². The number of carbonyl (C=O) groups is 1. The van der Waals surface area contributed by atoms with Crippen LogP contribution in [-0.2, 0) is 0 Å². The van der Waals surface area contributed by atoms with E-state index in [4.69, 9.17) is 5.73 Å². The molecule has 16 heavy (non-hydrogen) atoms. The van der Waals surface area contributed by atoms with Gasteiger partial charge in [0.15, 0.2) is 5.69 Å². The van der Waals surface area contributed by atoms with Gasteiger partial charge in [-0.1, -0.05) is 0 Å². The zero-order chi connectivity index (χ0) is 11.5. The molecule has 2 rings (SSSR count). The zero-order valence-corrected chi connectivity index (χ0v) is 9.28. The fourth-order valence-electron chi connectivity index (χ4n) is 1.11. The van der Waals surface area contributed by atoms with Crippen molar-refractivity contribution in [1.29, 1.82) is 0 Å². The van der Waals surface area contributed by atoms with Crippen LogP contribution in [0.15, 0.2) is 18.3 Å². The molecule has 2 heterocycles. The lowest BCUT2D eigenvalue weighted by molar-refractivity contribution is 0.102. The number of hydrogen-bond acceptors (Lipinski definition) is 6. The summed E-state index contributed by atoms with van der Waals surface area (Å²) < 4.78 is 3.95. The third-order valence-corrected chi connectivity index (χ3v) is 2.52. The summed E-state index contributed by atoms with van der Waals surface area (Å²) in [5.74, 6) is 0.239. The molecule has 0 radical (unpaired) electrons. The van der Waals surface area contributed by atoms with Gasteiger partial charge >= 0.3 is 0 Å². The molecule has 0 saturated carbocycles. The highest BCUT2D eigenvalue weighted by atomic mass is 32.1. The van der Waals surface area contributed by atoms with E-state index in [1.165, 1.54) is 6.20 Å². The summed E-state index contributed by atoms with van der Waals surface area (Å²) >= 11 is 1.12. The van der Waals surface area contributed by atoms with E-state index in [1.54, 1.807) is 19.1 Å². The normalized spacial score (nSPS) is 10.1. The maximum Gasteiger partial charge on any atom is 0.278 e. The molecule has 0 aliphatic carbocycles. The van der Waals surface area contributed by atoms with Gasteiger partial charge in [-0.2, -0.15) is 4.37 Å². The number of aromatic nitrogens is 3. The van der Waals surface area contributed by atoms with E-state index in [0.717, 1.165) is 11.5 Å². The monoisotopic (exact) mass is 235 g/mol. The maximum atomic E-state index is 11.7. The van der Waals surface area contributed by atoms with Gasteiger partial charge in [0, 0.05) is 17.7 Å². The smallest absolute Gasteiger partial charge is 0.278 e. The SMILES string of the molecule is Cc1nsc(NC(=O)c2ncccc2N)n1. The predicted octanol–water partition coefficient (Wildman–Crippen LogP) is 1.08. The summed E-state index contributed by atoms with van der Waals surface area (Å²) in [6.45, 7) is 1.75. The van der Waals surface area contributed by atoms with Crippen LogP contribution in [0.5, 0.6) is 0 Å². The maximum absolute atomic E-state index is 11.7. The van der Waals surface area contributed by atoms with Crippen molar-refractivity contribution in [2.45, 2.75) is 6.92 Å². The van der Waals surface area contributed by atoms with E-state index in [9.17, 15) is 4.79 Å². The van der Waals surface area contributed by atoms with Gasteiger partial charge in [-0.15, -0.1) is 0 Å². The van der Waals surface area contributed by atoms with Crippen LogP contribution in [0, 0.1) is 6.92 Å². The first-order valence-electron chi connectivity index (χ1n) is 4.49. The number of anilines is 2. The Balaban J connectivity index is 2.18. The van der Waals surface area contributed by atoms with Gasteiger partial charge in [0.25, 0.3) is 5.91 Å². The Hall–Kier alpha value is -2.02. The van der Waals surface area contributed by atoms with Crippen molar-refractivity contribution in [2.24, 2.45) is 0 Å². The summed E-state index contributed by atoms with van der Waals surface area (Å²) in [5, 5.41) is 3.02. The molecule has 0 atom stereocenters. The Morgan fingerprint density at radius 3 is 3.00 bits per heavy atom. The summed E-state index contributed by atoms with van der Waals surface area (Å²) in [4.78, 5) is 19.6. The number of nitrogens with one attached hydrogen (secondary N) is 1. The predicted molar refractivity (Wildman–Crippen MR) is 61.2 cm³/mol. The minimum atomic E-state index is -0.380. The molecule has 0 fully saturated rings. The van der Waals surface area contributed by atoms with Crippen LogP contribution >= 0.6 is 11.5 Å². The first kappa shape index (κ1) is 10.5. The molecular weight excluding hydrogens is 226 g/mol. The van der Waals surface area contributed by atoms with Gasteiger partial charge in [0.1, 0.15) is 5.82 Å². The van der Waals surface area contributed by atoms with Crippen molar-refractivity contribution in [3.05, 3.63) is 29.8 Å². The van der Waals surface area contributed by atoms with Crippen molar-refractivity contribution in [2.75, 3.05) is 11.1 Å². The van der Waals surface area contributed by atoms with Crippen LogP contribution < -0.4 is 11.1 Å². The molecule has 3 N–H and O–H groups in total. The van der Waals surface area contributed by atoms with E-state index < -0.39 is 0 Å². The van der Waals surface area contributed by atoms with Crippen molar-refractivity contribution in [3.8, 4) is 0 Å². The Morgan fingerprint density at radius 1 is 1.56 bits per heavy atom. The summed E-state index contributed by atoms with van der Waals surface area (Å²) in [6.07, 6.45) is 1.51. The van der Waals surface area contributed by atoms with Crippen LogP contribution in [-0.4, -0.2) is 20.2 Å². The Kier molecular flexibility index (Phi) is 2.78. The first-order valence-corrected chi connectivity index (χ1v) is 5.26. The van der Waals surface area contributed by atoms with Crippen molar-refractivity contribution in [3.63, 3.8) is 0 Å². The summed E-state index contributed by atoms with van der Waals surface area (Å²) in [5.41, 5.74) is 6.15. The van der Waals surface area contributed by atoms with E-state index >= 15 is 0 Å². The Morgan fingerprint density at radius 2 is 2.38 bits per heavy atom. The molecule has 0 aliphatic rings. The highest BCUT2D eigenvalue weighted by Crippen LogP contribution is 2.13. The molecule has 0 saturated heterocycles. The van der Waals surface area contributed by atoms with Gasteiger partial charge in [-0.05, 0) is 19.1 Å². The fourth-order valence-corrected chi connectivity index (χ4v) is 1.68. The van der Waals surface area contributed by atoms with Crippen LogP contribution in [0.3, 0.4) is 0 Å². The average molecular weight is 235 g/mol. The molecule has 1 amide bonds. The first-order chi connectivity index (χ1) is 7.66. The van der Waals surface area contributed by atoms with Crippen molar-refractivity contribution >= 4 is 28.3 Å². The minimum Gasteiger partial charge on any atom is -0.397 e. The van der Waals surface area contributed by atoms with Crippen LogP contribution in [0.4, 0.5) is 10.8 Å². The number of hydrogen-bond donors (Lipinski definition) is 2. The molecule has 82 valence electrons. The average Bonchev–Trinajstić information content (AvgIpc) is 2.64. The van der Waals surface area contributed by atoms with Gasteiger partial charge in [0.05, 0.1) is 5.69 Å². The third-order valence-electron chi connectivity index (χ3n) is 1.80. The van der Waals surface area contributed by atoms with Crippen LogP contribution in [0.25, 0.3) is 0 Å². The van der Waals surface area contributed by atoms with Gasteiger partial charge < -0.3 is 5.73 Å². The highest BCUT2D eigenvalue weighted by Gasteiger charge is 2.12. The number of nitrogens with two attached hydrogens (primary N) is 1. The second-order valence-electron chi connectivity index (χ2n) is 3.04. The second kappa shape index (κ2) is 4.23. The number of nitrogen functional groups attached to an aromatic ring is 1. The molecule has 0 spiro atoms. The fraction of sp³-hybridized carbons (Fsp3) is 0.111. The molecule has 6 nitrogen and oxygen atoms in total. The number of amides is 1. The van der Waals surface area contributed by atoms with E-state index in [-0.39, 0.29) is 11.6 Å². The number of nitrogens with zero attached hydrogens (tertiary/aromatic N) is 3. The molecule has 0 unspecified atom stereocenters. The quantitative estimate of drug-likeness (QED) is 0.812. The molecule has 0 aliphatic heterocycles. The third kappa shape index (κ3) is 2.14. The Labute approximate surface area is 95.7 Å². The lowest BCUT2D eigenvalue weighted by Crippen LogP contribution is -2.15. The van der Waals surface area contributed by atoms with Crippen molar-refractivity contribution in [1.82, 2.24) is 14.3 Å². The summed E-state index contributed by atoms with van der Waals surface area (Å²) in [7, 11) is 0. The van der Waals surface area contributed by atoms with Crippen LogP contribution in [0.2, 0.25) is 0 Å². The highest BCUT2D eigenvalue weighted by molar-refractivity contribution is 7.09. The van der Waals surface area contributed by atoms with Gasteiger partial charge in [0.2, 0.25) is 5.13 Å². The van der Waals surface area contributed by atoms with Crippen LogP contribution in [0.1, 0.15) is 16.3 Å². The lowest BCUT2D eigenvalue weighted by atomic mass is 10.3. The largest absolute Gasteiger partial charge is 0.397 e. The summed E-state index contributed by atoms with van der Waals surface area (Å²) in [6, 6.07) is 3.29. The van der Waals surface area contributed by atoms with E-state index in [2.05, 4.69) is 19.7 Å². The molecule has 2 aromatic rings. The molecule has 0 bridgehead atoms. The topological polar surface area (TPSA) is 93.8 Å². The molecular formula is C9H9N5OS. The number of aryl methyl sites for hydroxylation is 1. The van der Waals surface area contributed by atoms with E-state index in [0.29, 0.717) is 16.6 Å². The molecule has 7 heteroatoms. The number of carbonyl (C=O) groups excluding carboxylic acids is 1. The van der Waals surface area contributed by atoms with Gasteiger partial charge in [-0.3, -0.25) is 10.1 Å². The molecule has 2 aromatic heterocycles. The van der Waals surface area contributed by atoms with Gasteiger partial charge in [-0.25, -0.2) is 9.97 Å². The minimum absolute atomic E-state index is 0.190. The zero-order valence-electron chi connectivity index (χ0n) is 8.47. The molecule has 0 aromatic carbocycles. The number of pyridine rings is 1. The lowest BCUT2D eigenvalue weighted by Gasteiger charge is -2.02. The number of rotatable bonds is 2. The Bertz CT molecular complexity index is 524.